The number of carbonyl (C=O) groups excluding carboxylic acids is 2. The lowest BCUT2D eigenvalue weighted by Crippen LogP contribution is -2.35. The first kappa shape index (κ1) is 21.4. The number of hydrogen-bond acceptors (Lipinski definition) is 2. The summed E-state index contributed by atoms with van der Waals surface area (Å²) in [4.78, 5) is 26.0. The summed E-state index contributed by atoms with van der Waals surface area (Å²) < 4.78 is 14.8. The minimum atomic E-state index is -0.478. The molecule has 0 bridgehead atoms. The molecule has 2 amide bonds. The van der Waals surface area contributed by atoms with Gasteiger partial charge in [0, 0.05) is 35.1 Å². The molecule has 0 saturated heterocycles. The molecule has 4 nitrogen and oxygen atoms in total. The van der Waals surface area contributed by atoms with Gasteiger partial charge in [0.1, 0.15) is 5.82 Å². The molecular formula is C20H21BrClFN2O2. The van der Waals surface area contributed by atoms with Gasteiger partial charge >= 0.3 is 0 Å². The number of nitrogens with one attached hydrogen (secondary N) is 1. The molecule has 0 aromatic heterocycles. The van der Waals surface area contributed by atoms with Gasteiger partial charge in [-0.25, -0.2) is 4.39 Å². The highest BCUT2D eigenvalue weighted by Crippen LogP contribution is 2.22. The van der Waals surface area contributed by atoms with Crippen molar-refractivity contribution in [2.45, 2.75) is 32.9 Å². The van der Waals surface area contributed by atoms with E-state index in [2.05, 4.69) is 21.2 Å². The van der Waals surface area contributed by atoms with E-state index in [0.29, 0.717) is 17.1 Å². The van der Waals surface area contributed by atoms with Crippen molar-refractivity contribution in [3.05, 3.63) is 68.9 Å². The molecule has 0 radical (unpaired) electrons. The Morgan fingerprint density at radius 3 is 2.48 bits per heavy atom. The van der Waals surface area contributed by atoms with Gasteiger partial charge in [-0.15, -0.1) is 0 Å². The second-order valence-electron chi connectivity index (χ2n) is 6.15. The fraction of sp³-hybridized carbons (Fsp3) is 0.300. The molecule has 27 heavy (non-hydrogen) atoms. The normalized spacial score (nSPS) is 11.7. The molecule has 0 fully saturated rings. The molecule has 0 heterocycles. The molecule has 2 aromatic rings. The van der Waals surface area contributed by atoms with Crippen molar-refractivity contribution in [3.8, 4) is 0 Å². The Bertz CT molecular complexity index is 814. The molecule has 2 aromatic carbocycles. The number of carbonyl (C=O) groups is 2. The first-order valence-corrected chi connectivity index (χ1v) is 9.71. The fourth-order valence-electron chi connectivity index (χ4n) is 2.74. The van der Waals surface area contributed by atoms with E-state index in [0.717, 1.165) is 10.0 Å². The van der Waals surface area contributed by atoms with E-state index in [1.54, 1.807) is 41.3 Å². The maximum Gasteiger partial charge on any atom is 0.225 e. The number of nitrogens with zero attached hydrogens (tertiary/aromatic N) is 1. The molecule has 2 rings (SSSR count). The van der Waals surface area contributed by atoms with Crippen LogP contribution in [0.15, 0.2) is 46.9 Å². The van der Waals surface area contributed by atoms with Gasteiger partial charge in [0.25, 0.3) is 0 Å². The third-order valence-electron chi connectivity index (χ3n) is 4.13. The van der Waals surface area contributed by atoms with Crippen LogP contribution in [0.1, 0.15) is 37.4 Å². The molecule has 7 heteroatoms. The summed E-state index contributed by atoms with van der Waals surface area (Å²) in [6.45, 7) is 3.83. The molecule has 0 saturated carbocycles. The highest BCUT2D eigenvalue weighted by Gasteiger charge is 2.21. The van der Waals surface area contributed by atoms with E-state index in [1.807, 2.05) is 6.92 Å². The van der Waals surface area contributed by atoms with Gasteiger partial charge in [-0.1, -0.05) is 39.7 Å². The lowest BCUT2D eigenvalue weighted by Gasteiger charge is -2.25. The van der Waals surface area contributed by atoms with Crippen molar-refractivity contribution >= 4 is 39.3 Å². The van der Waals surface area contributed by atoms with Gasteiger partial charge in [0.05, 0.1) is 12.5 Å². The Kier molecular flexibility index (Phi) is 7.80. The Labute approximate surface area is 171 Å². The van der Waals surface area contributed by atoms with E-state index >= 15 is 0 Å². The predicted octanol–water partition coefficient (Wildman–Crippen LogP) is 4.86. The Morgan fingerprint density at radius 1 is 1.22 bits per heavy atom. The summed E-state index contributed by atoms with van der Waals surface area (Å²) in [5, 5.41) is 3.37. The highest BCUT2D eigenvalue weighted by atomic mass is 79.9. The molecule has 144 valence electrons. The zero-order valence-electron chi connectivity index (χ0n) is 15.1. The van der Waals surface area contributed by atoms with Crippen molar-refractivity contribution in [2.75, 3.05) is 6.54 Å². The molecule has 0 spiro atoms. The van der Waals surface area contributed by atoms with Crippen LogP contribution in [0, 0.1) is 5.82 Å². The molecule has 1 atom stereocenters. The van der Waals surface area contributed by atoms with Crippen LogP contribution in [0.3, 0.4) is 0 Å². The molecule has 1 unspecified atom stereocenters. The Hall–Kier alpha value is -1.92. The van der Waals surface area contributed by atoms with Crippen LogP contribution in [0.5, 0.6) is 0 Å². The number of hydrogen-bond donors (Lipinski definition) is 1. The second-order valence-corrected chi connectivity index (χ2v) is 7.50. The summed E-state index contributed by atoms with van der Waals surface area (Å²) in [5.74, 6) is -0.769. The molecule has 1 N–H and O–H groups in total. The van der Waals surface area contributed by atoms with E-state index in [9.17, 15) is 14.0 Å². The largest absolute Gasteiger partial charge is 0.349 e. The monoisotopic (exact) mass is 454 g/mol. The van der Waals surface area contributed by atoms with Gasteiger partial charge in [-0.2, -0.15) is 0 Å². The number of amides is 2. The van der Waals surface area contributed by atoms with E-state index < -0.39 is 6.04 Å². The summed E-state index contributed by atoms with van der Waals surface area (Å²) in [6, 6.07) is 11.1. The Balaban J connectivity index is 2.17. The standard InChI is InChI=1S/C20H21BrClFN2O2/c1-3-25(12-15-10-16(21)6-9-18(15)23)20(27)11-19(24-13(2)26)14-4-7-17(22)8-5-14/h4-10,19H,3,11-12H2,1-2H3,(H,24,26). The zero-order chi connectivity index (χ0) is 20.0. The average Bonchev–Trinajstić information content (AvgIpc) is 2.62. The quantitative estimate of drug-likeness (QED) is 0.648. The first-order valence-electron chi connectivity index (χ1n) is 8.54. The average molecular weight is 456 g/mol. The van der Waals surface area contributed by atoms with Gasteiger partial charge in [-0.3, -0.25) is 9.59 Å². The summed E-state index contributed by atoms with van der Waals surface area (Å²) >= 11 is 9.24. The van der Waals surface area contributed by atoms with Crippen LogP contribution in [0.4, 0.5) is 4.39 Å². The van der Waals surface area contributed by atoms with Crippen molar-refractivity contribution in [1.29, 1.82) is 0 Å². The number of rotatable bonds is 7. The maximum atomic E-state index is 14.0. The SMILES string of the molecule is CCN(Cc1cc(Br)ccc1F)C(=O)CC(NC(C)=O)c1ccc(Cl)cc1. The summed E-state index contributed by atoms with van der Waals surface area (Å²) in [7, 11) is 0. The highest BCUT2D eigenvalue weighted by molar-refractivity contribution is 9.10. The lowest BCUT2D eigenvalue weighted by molar-refractivity contribution is -0.132. The van der Waals surface area contributed by atoms with E-state index in [-0.39, 0.29) is 30.6 Å². The second kappa shape index (κ2) is 9.85. The number of halogens is 3. The third-order valence-corrected chi connectivity index (χ3v) is 4.88. The van der Waals surface area contributed by atoms with Gasteiger partial charge in [-0.05, 0) is 42.8 Å². The minimum absolute atomic E-state index is 0.0741. The molecule has 0 aliphatic carbocycles. The van der Waals surface area contributed by atoms with Crippen molar-refractivity contribution < 1.29 is 14.0 Å². The van der Waals surface area contributed by atoms with Crippen LogP contribution >= 0.6 is 27.5 Å². The van der Waals surface area contributed by atoms with Crippen LogP contribution < -0.4 is 5.32 Å². The van der Waals surface area contributed by atoms with Crippen LogP contribution in [0.25, 0.3) is 0 Å². The molecule has 0 aliphatic rings. The van der Waals surface area contributed by atoms with Crippen LogP contribution in [-0.4, -0.2) is 23.3 Å². The van der Waals surface area contributed by atoms with E-state index in [1.165, 1.54) is 13.0 Å². The van der Waals surface area contributed by atoms with E-state index in [4.69, 9.17) is 11.6 Å². The summed E-state index contributed by atoms with van der Waals surface area (Å²) in [5.41, 5.74) is 1.22. The van der Waals surface area contributed by atoms with Crippen LogP contribution in [0.2, 0.25) is 5.02 Å². The van der Waals surface area contributed by atoms with Gasteiger partial charge < -0.3 is 10.2 Å². The molecular weight excluding hydrogens is 435 g/mol. The smallest absolute Gasteiger partial charge is 0.225 e. The van der Waals surface area contributed by atoms with Gasteiger partial charge in [0.15, 0.2) is 0 Å². The maximum absolute atomic E-state index is 14.0. The first-order chi connectivity index (χ1) is 12.8. The number of benzene rings is 2. The fourth-order valence-corrected chi connectivity index (χ4v) is 3.28. The molecule has 0 aliphatic heterocycles. The zero-order valence-corrected chi connectivity index (χ0v) is 17.5. The van der Waals surface area contributed by atoms with Crippen molar-refractivity contribution in [1.82, 2.24) is 10.2 Å². The summed E-state index contributed by atoms with van der Waals surface area (Å²) in [6.07, 6.45) is 0.0741. The third kappa shape index (κ3) is 6.33. The predicted molar refractivity (Wildman–Crippen MR) is 108 cm³/mol. The topological polar surface area (TPSA) is 49.4 Å². The van der Waals surface area contributed by atoms with Crippen LogP contribution in [-0.2, 0) is 16.1 Å². The van der Waals surface area contributed by atoms with Gasteiger partial charge in [0.2, 0.25) is 11.8 Å². The lowest BCUT2D eigenvalue weighted by atomic mass is 10.0. The minimum Gasteiger partial charge on any atom is -0.349 e. The van der Waals surface area contributed by atoms with Crippen molar-refractivity contribution in [2.24, 2.45) is 0 Å². The Morgan fingerprint density at radius 2 is 1.89 bits per heavy atom. The van der Waals surface area contributed by atoms with Crippen molar-refractivity contribution in [3.63, 3.8) is 0 Å².